The Morgan fingerprint density at radius 2 is 2.27 bits per heavy atom. The van der Waals surface area contributed by atoms with Gasteiger partial charge in [0.25, 0.3) is 0 Å². The quantitative estimate of drug-likeness (QED) is 0.765. The van der Waals surface area contributed by atoms with Crippen LogP contribution < -0.4 is 5.73 Å². The van der Waals surface area contributed by atoms with Crippen molar-refractivity contribution in [3.63, 3.8) is 0 Å². The molecule has 1 saturated heterocycles. The summed E-state index contributed by atoms with van der Waals surface area (Å²) in [6, 6.07) is 0. The summed E-state index contributed by atoms with van der Waals surface area (Å²) in [5.74, 6) is 0. The fourth-order valence-corrected chi connectivity index (χ4v) is 2.31. The highest BCUT2D eigenvalue weighted by atomic mass is 15.4. The van der Waals surface area contributed by atoms with Crippen molar-refractivity contribution in [3.05, 3.63) is 11.9 Å². The van der Waals surface area contributed by atoms with E-state index in [0.717, 1.165) is 38.2 Å². The van der Waals surface area contributed by atoms with Crippen molar-refractivity contribution in [1.82, 2.24) is 19.9 Å². The molecule has 1 fully saturated rings. The summed E-state index contributed by atoms with van der Waals surface area (Å²) in [5.41, 5.74) is 7.26. The van der Waals surface area contributed by atoms with Gasteiger partial charge in [0, 0.05) is 38.4 Å². The number of likely N-dealkylation sites (tertiary alicyclic amines) is 1. The van der Waals surface area contributed by atoms with E-state index in [1.165, 1.54) is 0 Å². The highest BCUT2D eigenvalue weighted by Gasteiger charge is 2.38. The third-order valence-electron chi connectivity index (χ3n) is 2.86. The molecular weight excluding hydrogens is 190 g/mol. The number of nitrogens with zero attached hydrogens (tertiary/aromatic N) is 4. The average Bonchev–Trinajstić information content (AvgIpc) is 2.49. The van der Waals surface area contributed by atoms with E-state index >= 15 is 0 Å². The van der Waals surface area contributed by atoms with Crippen molar-refractivity contribution in [2.45, 2.75) is 31.8 Å². The van der Waals surface area contributed by atoms with Crippen molar-refractivity contribution in [2.75, 3.05) is 13.1 Å². The lowest BCUT2D eigenvalue weighted by atomic mass is 9.86. The topological polar surface area (TPSA) is 60.0 Å². The maximum atomic E-state index is 6.18. The molecule has 5 heteroatoms. The van der Waals surface area contributed by atoms with Crippen LogP contribution in [0, 0.1) is 0 Å². The monoisotopic (exact) mass is 209 g/mol. The molecule has 0 saturated carbocycles. The van der Waals surface area contributed by atoms with E-state index in [2.05, 4.69) is 22.1 Å². The normalized spacial score (nSPS) is 20.2. The van der Waals surface area contributed by atoms with Gasteiger partial charge in [0.15, 0.2) is 0 Å². The van der Waals surface area contributed by atoms with E-state index in [4.69, 9.17) is 5.73 Å². The van der Waals surface area contributed by atoms with Gasteiger partial charge in [0.1, 0.15) is 0 Å². The zero-order valence-electron chi connectivity index (χ0n) is 9.48. The van der Waals surface area contributed by atoms with Crippen LogP contribution in [0.15, 0.2) is 6.20 Å². The average molecular weight is 209 g/mol. The Balaban J connectivity index is 1.80. The summed E-state index contributed by atoms with van der Waals surface area (Å²) < 4.78 is 1.73. The lowest BCUT2D eigenvalue weighted by Gasteiger charge is -2.47. The largest absolute Gasteiger partial charge is 0.323 e. The summed E-state index contributed by atoms with van der Waals surface area (Å²) >= 11 is 0. The smallest absolute Gasteiger partial charge is 0.0967 e. The van der Waals surface area contributed by atoms with Crippen LogP contribution in [0.1, 0.15) is 25.5 Å². The van der Waals surface area contributed by atoms with Crippen molar-refractivity contribution in [1.29, 1.82) is 0 Å². The fourth-order valence-electron chi connectivity index (χ4n) is 2.31. The van der Waals surface area contributed by atoms with Gasteiger partial charge in [-0.3, -0.25) is 9.58 Å². The molecule has 2 N–H and O–H groups in total. The van der Waals surface area contributed by atoms with Gasteiger partial charge in [-0.25, -0.2) is 0 Å². The van der Waals surface area contributed by atoms with Crippen LogP contribution in [-0.2, 0) is 13.6 Å². The zero-order chi connectivity index (χ0) is 10.9. The number of aryl methyl sites for hydroxylation is 1. The predicted octanol–water partition coefficient (Wildman–Crippen LogP) is 0.128. The molecule has 2 rings (SSSR count). The zero-order valence-corrected chi connectivity index (χ0v) is 9.48. The number of hydrogen-bond acceptors (Lipinski definition) is 4. The van der Waals surface area contributed by atoms with Crippen LogP contribution in [0.5, 0.6) is 0 Å². The van der Waals surface area contributed by atoms with Crippen LogP contribution in [-0.4, -0.2) is 38.5 Å². The molecule has 1 aromatic heterocycles. The Labute approximate surface area is 90.2 Å². The Morgan fingerprint density at radius 1 is 1.53 bits per heavy atom. The maximum absolute atomic E-state index is 6.18. The van der Waals surface area contributed by atoms with Gasteiger partial charge in [-0.05, 0) is 6.42 Å². The first-order valence-corrected chi connectivity index (χ1v) is 5.48. The molecule has 0 unspecified atom stereocenters. The Kier molecular flexibility index (Phi) is 2.75. The summed E-state index contributed by atoms with van der Waals surface area (Å²) in [6.45, 7) is 5.02. The molecule has 0 aromatic carbocycles. The third kappa shape index (κ3) is 2.35. The van der Waals surface area contributed by atoms with Crippen molar-refractivity contribution < 1.29 is 0 Å². The molecule has 84 valence electrons. The molecule has 1 aromatic rings. The second-order valence-electron chi connectivity index (χ2n) is 4.64. The van der Waals surface area contributed by atoms with E-state index in [1.54, 1.807) is 4.68 Å². The van der Waals surface area contributed by atoms with Gasteiger partial charge >= 0.3 is 0 Å². The lowest BCUT2D eigenvalue weighted by molar-refractivity contribution is 0.0556. The second kappa shape index (κ2) is 3.90. The van der Waals surface area contributed by atoms with E-state index in [0.29, 0.717) is 0 Å². The molecule has 2 heterocycles. The van der Waals surface area contributed by atoms with Crippen LogP contribution in [0.2, 0.25) is 0 Å². The SMILES string of the molecule is CCCC1(N)CN(Cc2cn(C)nn2)C1. The Morgan fingerprint density at radius 3 is 2.80 bits per heavy atom. The molecule has 0 amide bonds. The van der Waals surface area contributed by atoms with Crippen molar-refractivity contribution in [3.8, 4) is 0 Å². The molecule has 1 aliphatic heterocycles. The predicted molar refractivity (Wildman–Crippen MR) is 58.1 cm³/mol. The van der Waals surface area contributed by atoms with Gasteiger partial charge < -0.3 is 5.73 Å². The van der Waals surface area contributed by atoms with Crippen LogP contribution in [0.3, 0.4) is 0 Å². The van der Waals surface area contributed by atoms with Gasteiger partial charge in [-0.1, -0.05) is 18.6 Å². The van der Waals surface area contributed by atoms with E-state index in [9.17, 15) is 0 Å². The van der Waals surface area contributed by atoms with Crippen molar-refractivity contribution in [2.24, 2.45) is 12.8 Å². The molecule has 1 aliphatic rings. The third-order valence-corrected chi connectivity index (χ3v) is 2.86. The van der Waals surface area contributed by atoms with Gasteiger partial charge in [0.2, 0.25) is 0 Å². The summed E-state index contributed by atoms with van der Waals surface area (Å²) in [5, 5.41) is 7.97. The second-order valence-corrected chi connectivity index (χ2v) is 4.64. The fraction of sp³-hybridized carbons (Fsp3) is 0.800. The molecule has 15 heavy (non-hydrogen) atoms. The summed E-state index contributed by atoms with van der Waals surface area (Å²) in [4.78, 5) is 2.32. The van der Waals surface area contributed by atoms with Gasteiger partial charge in [-0.2, -0.15) is 0 Å². The summed E-state index contributed by atoms with van der Waals surface area (Å²) in [7, 11) is 1.89. The standard InChI is InChI=1S/C10H19N5/c1-3-4-10(11)7-15(8-10)6-9-5-14(2)13-12-9/h5H,3-4,6-8,11H2,1-2H3. The molecule has 0 aliphatic carbocycles. The van der Waals surface area contributed by atoms with E-state index in [1.807, 2.05) is 13.2 Å². The molecule has 0 radical (unpaired) electrons. The van der Waals surface area contributed by atoms with Gasteiger partial charge in [0.05, 0.1) is 5.69 Å². The molecule has 0 atom stereocenters. The number of rotatable bonds is 4. The summed E-state index contributed by atoms with van der Waals surface area (Å²) in [6.07, 6.45) is 4.23. The van der Waals surface area contributed by atoms with Crippen molar-refractivity contribution >= 4 is 0 Å². The molecular formula is C10H19N5. The van der Waals surface area contributed by atoms with Crippen LogP contribution in [0.25, 0.3) is 0 Å². The first-order valence-electron chi connectivity index (χ1n) is 5.48. The minimum absolute atomic E-state index is 0.0525. The Bertz CT molecular complexity index is 326. The number of nitrogens with two attached hydrogens (primary N) is 1. The first kappa shape index (κ1) is 10.6. The number of aromatic nitrogens is 3. The van der Waals surface area contributed by atoms with E-state index < -0.39 is 0 Å². The minimum atomic E-state index is 0.0525. The molecule has 0 bridgehead atoms. The number of hydrogen-bond donors (Lipinski definition) is 1. The van der Waals surface area contributed by atoms with E-state index in [-0.39, 0.29) is 5.54 Å². The van der Waals surface area contributed by atoms with Gasteiger partial charge in [-0.15, -0.1) is 5.10 Å². The lowest BCUT2D eigenvalue weighted by Crippen LogP contribution is -2.66. The molecule has 0 spiro atoms. The Hall–Kier alpha value is -0.940. The molecule has 5 nitrogen and oxygen atoms in total. The van der Waals surface area contributed by atoms with Crippen LogP contribution >= 0.6 is 0 Å². The van der Waals surface area contributed by atoms with Crippen LogP contribution in [0.4, 0.5) is 0 Å². The first-order chi connectivity index (χ1) is 7.11. The minimum Gasteiger partial charge on any atom is -0.323 e. The highest BCUT2D eigenvalue weighted by molar-refractivity contribution is 5.02. The highest BCUT2D eigenvalue weighted by Crippen LogP contribution is 2.24. The maximum Gasteiger partial charge on any atom is 0.0967 e.